The summed E-state index contributed by atoms with van der Waals surface area (Å²) in [6, 6.07) is 5.77. The van der Waals surface area contributed by atoms with Crippen molar-refractivity contribution in [3.63, 3.8) is 0 Å². The van der Waals surface area contributed by atoms with E-state index >= 15 is 0 Å². The molecule has 1 aromatic rings. The number of aromatic nitrogens is 1. The van der Waals surface area contributed by atoms with E-state index in [4.69, 9.17) is 4.74 Å². The van der Waals surface area contributed by atoms with Crippen LogP contribution in [0.25, 0.3) is 0 Å². The molecule has 0 saturated carbocycles. The summed E-state index contributed by atoms with van der Waals surface area (Å²) in [5.74, 6) is 0.888. The molecule has 2 rings (SSSR count). The number of hydrogen-bond donors (Lipinski definition) is 2. The first kappa shape index (κ1) is 28.7. The van der Waals surface area contributed by atoms with Crippen LogP contribution in [0, 0.1) is 0 Å². The molecule has 0 spiro atoms. The maximum absolute atomic E-state index is 12.4. The maximum Gasteiger partial charge on any atom is 0.222 e. The minimum atomic E-state index is -0.449. The molecule has 0 bridgehead atoms. The van der Waals surface area contributed by atoms with Gasteiger partial charge in [-0.3, -0.25) is 9.59 Å². The zero-order valence-electron chi connectivity index (χ0n) is 19.6. The Morgan fingerprint density at radius 3 is 2.81 bits per heavy atom. The van der Waals surface area contributed by atoms with E-state index in [1.54, 1.807) is 32.7 Å². The summed E-state index contributed by atoms with van der Waals surface area (Å²) >= 11 is 0. The van der Waals surface area contributed by atoms with Crippen molar-refractivity contribution in [2.75, 3.05) is 32.1 Å². The van der Waals surface area contributed by atoms with Crippen molar-refractivity contribution in [2.24, 2.45) is 0 Å². The van der Waals surface area contributed by atoms with Gasteiger partial charge >= 0.3 is 0 Å². The molecular formula is C23H41N3O4S2. The number of aliphatic hydroxyl groups excluding tert-OH is 1. The lowest BCUT2D eigenvalue weighted by Crippen LogP contribution is -2.38. The monoisotopic (exact) mass is 487 g/mol. The number of rotatable bonds is 14. The lowest BCUT2D eigenvalue weighted by Gasteiger charge is -2.24. The Morgan fingerprint density at radius 2 is 2.09 bits per heavy atom. The van der Waals surface area contributed by atoms with Crippen molar-refractivity contribution >= 4 is 33.4 Å². The molecule has 0 aromatic carbocycles. The standard InChI is InChI=1S/C21H33N3O4S2.C2H6.H2/c1-2-28-16-17-14-18(25)15-24(17)21(27)9-4-3-6-11-22-19(26)10-13-29-30-20-8-5-7-12-23-20;1-2;/h5,7-8,12,17-18,25H,2-4,6,9-11,13-16H2,1H3,(H,22,26);1-2H3;1H/t17-,18+;;/m0../s1. The molecule has 2 N–H and O–H groups in total. The second kappa shape index (κ2) is 18.2. The minimum Gasteiger partial charge on any atom is -0.391 e. The Kier molecular flexibility index (Phi) is 16.3. The highest BCUT2D eigenvalue weighted by Crippen LogP contribution is 2.29. The van der Waals surface area contributed by atoms with E-state index in [1.807, 2.05) is 39.0 Å². The number of aliphatic hydroxyl groups is 1. The van der Waals surface area contributed by atoms with Crippen LogP contribution in [0.3, 0.4) is 0 Å². The molecule has 1 saturated heterocycles. The highest BCUT2D eigenvalue weighted by Gasteiger charge is 2.33. The summed E-state index contributed by atoms with van der Waals surface area (Å²) in [6.07, 6.45) is 5.41. The number of carbonyl (C=O) groups is 2. The number of nitrogens with one attached hydrogen (secondary N) is 1. The predicted molar refractivity (Wildman–Crippen MR) is 135 cm³/mol. The molecule has 0 radical (unpaired) electrons. The Balaban J connectivity index is 0.00000332. The first-order valence-electron chi connectivity index (χ1n) is 11.6. The van der Waals surface area contributed by atoms with Gasteiger partial charge in [0, 0.05) is 45.9 Å². The second-order valence-corrected chi connectivity index (χ2v) is 9.67. The normalized spacial score (nSPS) is 17.6. The Hall–Kier alpha value is -1.29. The van der Waals surface area contributed by atoms with Gasteiger partial charge in [0.15, 0.2) is 0 Å². The number of unbranched alkanes of at least 4 members (excludes halogenated alkanes) is 2. The number of carbonyl (C=O) groups excluding carboxylic acids is 2. The van der Waals surface area contributed by atoms with Crippen LogP contribution >= 0.6 is 21.6 Å². The largest absolute Gasteiger partial charge is 0.391 e. The van der Waals surface area contributed by atoms with E-state index in [-0.39, 0.29) is 19.3 Å². The predicted octanol–water partition coefficient (Wildman–Crippen LogP) is 4.16. The third kappa shape index (κ3) is 12.1. The van der Waals surface area contributed by atoms with Crippen molar-refractivity contribution in [1.82, 2.24) is 15.2 Å². The molecule has 2 amide bonds. The molecule has 32 heavy (non-hydrogen) atoms. The third-order valence-electron chi connectivity index (χ3n) is 4.81. The third-order valence-corrected chi connectivity index (χ3v) is 7.08. The molecule has 7 nitrogen and oxygen atoms in total. The maximum atomic E-state index is 12.4. The van der Waals surface area contributed by atoms with Crippen LogP contribution in [0.2, 0.25) is 0 Å². The molecule has 2 atom stereocenters. The van der Waals surface area contributed by atoms with Crippen molar-refractivity contribution in [3.05, 3.63) is 24.4 Å². The SMILES string of the molecule is CC.CCOC[C@@H]1C[C@@H](O)CN1C(=O)CCCCCNC(=O)CCSSc1ccccn1.[HH]. The number of β-amino-alcohol motifs (C(OH)–C–C–N with tert-alkyl or cyclic N) is 1. The van der Waals surface area contributed by atoms with E-state index in [0.717, 1.165) is 30.0 Å². The van der Waals surface area contributed by atoms with Gasteiger partial charge in [0.05, 0.1) is 18.8 Å². The number of nitrogens with zero attached hydrogens (tertiary/aromatic N) is 2. The fourth-order valence-corrected chi connectivity index (χ4v) is 5.15. The fraction of sp³-hybridized carbons (Fsp3) is 0.696. The zero-order chi connectivity index (χ0) is 23.6. The van der Waals surface area contributed by atoms with E-state index in [9.17, 15) is 14.7 Å². The second-order valence-electron chi connectivity index (χ2n) is 7.23. The summed E-state index contributed by atoms with van der Waals surface area (Å²) in [5.41, 5.74) is 0. The van der Waals surface area contributed by atoms with Gasteiger partial charge in [0.2, 0.25) is 11.8 Å². The number of ether oxygens (including phenoxy) is 1. The Bertz CT molecular complexity index is 643. The van der Waals surface area contributed by atoms with Gasteiger partial charge in [0.1, 0.15) is 5.03 Å². The van der Waals surface area contributed by atoms with Gasteiger partial charge in [0.25, 0.3) is 0 Å². The Morgan fingerprint density at radius 1 is 1.28 bits per heavy atom. The van der Waals surface area contributed by atoms with Crippen LogP contribution in [0.5, 0.6) is 0 Å². The van der Waals surface area contributed by atoms with Gasteiger partial charge in [-0.25, -0.2) is 4.98 Å². The Labute approximate surface area is 202 Å². The summed E-state index contributed by atoms with van der Waals surface area (Å²) in [7, 11) is 3.21. The number of amides is 2. The summed E-state index contributed by atoms with van der Waals surface area (Å²) in [5, 5.41) is 13.7. The van der Waals surface area contributed by atoms with Crippen LogP contribution < -0.4 is 5.32 Å². The van der Waals surface area contributed by atoms with Crippen molar-refractivity contribution in [3.8, 4) is 0 Å². The van der Waals surface area contributed by atoms with Gasteiger partial charge in [-0.05, 0) is 49.1 Å². The van der Waals surface area contributed by atoms with E-state index < -0.39 is 6.10 Å². The van der Waals surface area contributed by atoms with Gasteiger partial charge in [-0.2, -0.15) is 0 Å². The number of pyridine rings is 1. The van der Waals surface area contributed by atoms with E-state index in [0.29, 0.717) is 45.6 Å². The molecule has 2 heterocycles. The lowest BCUT2D eigenvalue weighted by molar-refractivity contribution is -0.133. The van der Waals surface area contributed by atoms with Crippen molar-refractivity contribution < 1.29 is 20.9 Å². The summed E-state index contributed by atoms with van der Waals surface area (Å²) in [6.45, 7) is 8.08. The highest BCUT2D eigenvalue weighted by molar-refractivity contribution is 8.76. The van der Waals surface area contributed by atoms with Crippen molar-refractivity contribution in [2.45, 2.75) is 76.5 Å². The average molecular weight is 488 g/mol. The summed E-state index contributed by atoms with van der Waals surface area (Å²) in [4.78, 5) is 30.3. The molecule has 184 valence electrons. The van der Waals surface area contributed by atoms with Crippen LogP contribution in [0.4, 0.5) is 0 Å². The average Bonchev–Trinajstić information content (AvgIpc) is 3.20. The van der Waals surface area contributed by atoms with E-state index in [2.05, 4.69) is 10.3 Å². The fourth-order valence-electron chi connectivity index (χ4n) is 3.28. The van der Waals surface area contributed by atoms with Crippen LogP contribution in [-0.4, -0.2) is 71.0 Å². The molecule has 0 unspecified atom stereocenters. The number of likely N-dealkylation sites (tertiary alicyclic amines) is 1. The lowest BCUT2D eigenvalue weighted by atomic mass is 10.1. The van der Waals surface area contributed by atoms with E-state index in [1.165, 1.54) is 0 Å². The van der Waals surface area contributed by atoms with Crippen LogP contribution in [0.15, 0.2) is 29.4 Å². The first-order chi connectivity index (χ1) is 15.6. The molecule has 1 aliphatic rings. The highest BCUT2D eigenvalue weighted by atomic mass is 33.1. The minimum absolute atomic E-state index is 0. The topological polar surface area (TPSA) is 91.8 Å². The van der Waals surface area contributed by atoms with Gasteiger partial charge < -0.3 is 20.1 Å². The molecule has 9 heteroatoms. The first-order valence-corrected chi connectivity index (χ1v) is 13.9. The van der Waals surface area contributed by atoms with Crippen LogP contribution in [-0.2, 0) is 14.3 Å². The van der Waals surface area contributed by atoms with Gasteiger partial charge in [-0.1, -0.05) is 37.1 Å². The molecular weight excluding hydrogens is 446 g/mol. The van der Waals surface area contributed by atoms with Crippen molar-refractivity contribution in [1.29, 1.82) is 0 Å². The molecule has 1 aromatic heterocycles. The summed E-state index contributed by atoms with van der Waals surface area (Å²) < 4.78 is 5.43. The molecule has 1 fully saturated rings. The smallest absolute Gasteiger partial charge is 0.222 e. The molecule has 1 aliphatic heterocycles. The molecule has 0 aliphatic carbocycles. The van der Waals surface area contributed by atoms with Crippen LogP contribution in [0.1, 0.15) is 60.7 Å². The quantitative estimate of drug-likeness (QED) is 0.301. The zero-order valence-corrected chi connectivity index (χ0v) is 21.3. The number of hydrogen-bond acceptors (Lipinski definition) is 7. The van der Waals surface area contributed by atoms with Gasteiger partial charge in [-0.15, -0.1) is 0 Å².